The summed E-state index contributed by atoms with van der Waals surface area (Å²) in [4.78, 5) is 28.9. The Morgan fingerprint density at radius 1 is 1.30 bits per heavy atom. The molecule has 0 saturated heterocycles. The summed E-state index contributed by atoms with van der Waals surface area (Å²) in [6.45, 7) is 3.15. The van der Waals surface area contributed by atoms with Gasteiger partial charge in [-0.15, -0.1) is 11.3 Å². The van der Waals surface area contributed by atoms with Crippen LogP contribution in [0.3, 0.4) is 0 Å². The molecule has 0 unspecified atom stereocenters. The molecule has 0 atom stereocenters. The van der Waals surface area contributed by atoms with E-state index in [1.54, 1.807) is 37.4 Å². The molecule has 0 bridgehead atoms. The van der Waals surface area contributed by atoms with Gasteiger partial charge >= 0.3 is 5.97 Å². The minimum atomic E-state index is -1.06. The summed E-state index contributed by atoms with van der Waals surface area (Å²) < 4.78 is 0. The fourth-order valence-corrected chi connectivity index (χ4v) is 3.00. The minimum Gasteiger partial charge on any atom is -0.480 e. The molecule has 1 aromatic carbocycles. The van der Waals surface area contributed by atoms with Crippen LogP contribution in [0.15, 0.2) is 23.6 Å². The summed E-state index contributed by atoms with van der Waals surface area (Å²) in [7, 11) is 0. The summed E-state index contributed by atoms with van der Waals surface area (Å²) in [5, 5.41) is 12.0. The van der Waals surface area contributed by atoms with Crippen LogP contribution in [-0.2, 0) is 4.79 Å². The molecule has 5 nitrogen and oxygen atoms in total. The predicted octanol–water partition coefficient (Wildman–Crippen LogP) is 4.05. The maximum atomic E-state index is 12.4. The second kappa shape index (κ2) is 7.29. The normalized spacial score (nSPS) is 10.8. The highest BCUT2D eigenvalue weighted by Crippen LogP contribution is 2.30. The van der Waals surface area contributed by atoms with Gasteiger partial charge in [-0.05, 0) is 26.0 Å². The van der Waals surface area contributed by atoms with E-state index < -0.39 is 11.9 Å². The molecule has 8 heteroatoms. The van der Waals surface area contributed by atoms with E-state index >= 15 is 0 Å². The second-order valence-electron chi connectivity index (χ2n) is 5.09. The molecule has 2 rings (SSSR count). The van der Waals surface area contributed by atoms with Crippen molar-refractivity contribution in [2.24, 2.45) is 0 Å². The van der Waals surface area contributed by atoms with Gasteiger partial charge in [0.05, 0.1) is 10.0 Å². The highest BCUT2D eigenvalue weighted by molar-refractivity contribution is 7.13. The number of carboxylic acid groups (broad SMARTS) is 1. The molecule has 0 radical (unpaired) electrons. The molecule has 23 heavy (non-hydrogen) atoms. The molecule has 0 spiro atoms. The van der Waals surface area contributed by atoms with E-state index in [-0.39, 0.29) is 18.3 Å². The summed E-state index contributed by atoms with van der Waals surface area (Å²) in [6, 6.07) is 4.86. The second-order valence-corrected chi connectivity index (χ2v) is 6.76. The number of benzene rings is 1. The third-order valence-electron chi connectivity index (χ3n) is 3.08. The van der Waals surface area contributed by atoms with E-state index in [0.717, 1.165) is 5.56 Å². The first-order valence-electron chi connectivity index (χ1n) is 6.73. The zero-order valence-corrected chi connectivity index (χ0v) is 14.7. The van der Waals surface area contributed by atoms with Crippen molar-refractivity contribution >= 4 is 46.4 Å². The van der Waals surface area contributed by atoms with Gasteiger partial charge < -0.3 is 10.0 Å². The van der Waals surface area contributed by atoms with Crippen LogP contribution in [-0.4, -0.2) is 39.5 Å². The summed E-state index contributed by atoms with van der Waals surface area (Å²) in [5.41, 5.74) is 0.962. The Labute approximate surface area is 147 Å². The van der Waals surface area contributed by atoms with Crippen LogP contribution in [0.1, 0.15) is 24.3 Å². The Bertz CT molecular complexity index is 746. The molecule has 1 amide bonds. The minimum absolute atomic E-state index is 0.214. The lowest BCUT2D eigenvalue weighted by molar-refractivity contribution is -0.138. The Hall–Kier alpha value is -1.63. The first-order valence-corrected chi connectivity index (χ1v) is 8.37. The summed E-state index contributed by atoms with van der Waals surface area (Å²) in [6.07, 6.45) is 0. The smallest absolute Gasteiger partial charge is 0.323 e. The number of aliphatic carboxylic acids is 1. The lowest BCUT2D eigenvalue weighted by Gasteiger charge is -2.23. The maximum absolute atomic E-state index is 12.4. The van der Waals surface area contributed by atoms with Crippen LogP contribution in [0.4, 0.5) is 0 Å². The van der Waals surface area contributed by atoms with Gasteiger partial charge in [-0.2, -0.15) is 0 Å². The average Bonchev–Trinajstić information content (AvgIpc) is 2.96. The van der Waals surface area contributed by atoms with Gasteiger partial charge in [0, 0.05) is 17.0 Å². The number of thiazole rings is 1. The third kappa shape index (κ3) is 4.22. The molecule has 122 valence electrons. The van der Waals surface area contributed by atoms with Gasteiger partial charge in [-0.1, -0.05) is 29.3 Å². The molecule has 0 aliphatic carbocycles. The molecule has 0 aliphatic heterocycles. The lowest BCUT2D eigenvalue weighted by Crippen LogP contribution is -2.40. The zero-order valence-electron chi connectivity index (χ0n) is 12.4. The molecule has 0 aliphatic rings. The molecule has 1 aromatic heterocycles. The van der Waals surface area contributed by atoms with Crippen molar-refractivity contribution in [2.45, 2.75) is 19.9 Å². The molecule has 1 N–H and O–H groups in total. The maximum Gasteiger partial charge on any atom is 0.323 e. The highest BCUT2D eigenvalue weighted by atomic mass is 35.5. The number of carboxylic acids is 1. The number of aromatic nitrogens is 1. The van der Waals surface area contributed by atoms with Crippen molar-refractivity contribution in [2.75, 3.05) is 6.54 Å². The highest BCUT2D eigenvalue weighted by Gasteiger charge is 2.23. The van der Waals surface area contributed by atoms with Crippen molar-refractivity contribution < 1.29 is 14.7 Å². The largest absolute Gasteiger partial charge is 0.480 e. The Morgan fingerprint density at radius 3 is 2.57 bits per heavy atom. The fraction of sp³-hybridized carbons (Fsp3) is 0.267. The van der Waals surface area contributed by atoms with Gasteiger partial charge in [0.1, 0.15) is 17.2 Å². The van der Waals surface area contributed by atoms with Gasteiger partial charge in [0.2, 0.25) is 0 Å². The fourth-order valence-electron chi connectivity index (χ4n) is 1.92. The van der Waals surface area contributed by atoms with E-state index in [9.17, 15) is 9.59 Å². The van der Waals surface area contributed by atoms with Crippen molar-refractivity contribution in [3.63, 3.8) is 0 Å². The zero-order chi connectivity index (χ0) is 17.1. The van der Waals surface area contributed by atoms with E-state index in [1.165, 1.54) is 16.2 Å². The van der Waals surface area contributed by atoms with Gasteiger partial charge in [0.15, 0.2) is 0 Å². The van der Waals surface area contributed by atoms with Crippen LogP contribution < -0.4 is 0 Å². The SMILES string of the molecule is CC(C)N(CC(=O)O)C(=O)c1csc(-c2ccc(Cl)c(Cl)c2)n1. The van der Waals surface area contributed by atoms with Gasteiger partial charge in [-0.3, -0.25) is 9.59 Å². The molecular weight excluding hydrogens is 359 g/mol. The van der Waals surface area contributed by atoms with E-state index in [0.29, 0.717) is 15.1 Å². The van der Waals surface area contributed by atoms with Crippen LogP contribution in [0.2, 0.25) is 10.0 Å². The quantitative estimate of drug-likeness (QED) is 0.858. The number of carbonyl (C=O) groups is 2. The Kier molecular flexibility index (Phi) is 5.62. The number of carbonyl (C=O) groups excluding carboxylic acids is 1. The monoisotopic (exact) mass is 372 g/mol. The summed E-state index contributed by atoms with van der Waals surface area (Å²) >= 11 is 13.2. The molecular formula is C15H14Cl2N2O3S. The van der Waals surface area contributed by atoms with Crippen molar-refractivity contribution in [1.29, 1.82) is 0 Å². The third-order valence-corrected chi connectivity index (χ3v) is 4.71. The number of nitrogens with zero attached hydrogens (tertiary/aromatic N) is 2. The molecule has 0 fully saturated rings. The number of rotatable bonds is 5. The van der Waals surface area contributed by atoms with Crippen molar-refractivity contribution in [3.8, 4) is 10.6 Å². The standard InChI is InChI=1S/C15H14Cl2N2O3S/c1-8(2)19(6-13(20)21)15(22)12-7-23-14(18-12)9-3-4-10(16)11(17)5-9/h3-5,7-8H,6H2,1-2H3,(H,20,21). The number of amides is 1. The van der Waals surface area contributed by atoms with Crippen LogP contribution >= 0.6 is 34.5 Å². The van der Waals surface area contributed by atoms with E-state index in [2.05, 4.69) is 4.98 Å². The van der Waals surface area contributed by atoms with Crippen LogP contribution in [0.25, 0.3) is 10.6 Å². The lowest BCUT2D eigenvalue weighted by atomic mass is 10.2. The first kappa shape index (κ1) is 17.7. The van der Waals surface area contributed by atoms with E-state index in [4.69, 9.17) is 28.3 Å². The van der Waals surface area contributed by atoms with Crippen LogP contribution in [0, 0.1) is 0 Å². The first-order chi connectivity index (χ1) is 10.8. The van der Waals surface area contributed by atoms with Crippen molar-refractivity contribution in [1.82, 2.24) is 9.88 Å². The van der Waals surface area contributed by atoms with Crippen LogP contribution in [0.5, 0.6) is 0 Å². The number of halogens is 2. The Morgan fingerprint density at radius 2 is 2.00 bits per heavy atom. The Balaban J connectivity index is 2.28. The van der Waals surface area contributed by atoms with Crippen molar-refractivity contribution in [3.05, 3.63) is 39.3 Å². The average molecular weight is 373 g/mol. The number of hydrogen-bond donors (Lipinski definition) is 1. The van der Waals surface area contributed by atoms with E-state index in [1.807, 2.05) is 0 Å². The topological polar surface area (TPSA) is 70.5 Å². The summed E-state index contributed by atoms with van der Waals surface area (Å²) in [5.74, 6) is -1.48. The number of hydrogen-bond acceptors (Lipinski definition) is 4. The predicted molar refractivity (Wildman–Crippen MR) is 91.4 cm³/mol. The molecule has 1 heterocycles. The van der Waals surface area contributed by atoms with Gasteiger partial charge in [-0.25, -0.2) is 4.98 Å². The van der Waals surface area contributed by atoms with Gasteiger partial charge in [0.25, 0.3) is 5.91 Å². The molecule has 2 aromatic rings. The molecule has 0 saturated carbocycles.